The van der Waals surface area contributed by atoms with Crippen molar-refractivity contribution in [3.05, 3.63) is 96.0 Å². The third-order valence-corrected chi connectivity index (χ3v) is 7.64. The molecule has 42 heavy (non-hydrogen) atoms. The fraction of sp³-hybridized carbons (Fsp3) is 0.194. The molecule has 0 spiro atoms. The van der Waals surface area contributed by atoms with Crippen molar-refractivity contribution in [2.24, 2.45) is 0 Å². The van der Waals surface area contributed by atoms with Crippen LogP contribution in [0.1, 0.15) is 19.2 Å². The summed E-state index contributed by atoms with van der Waals surface area (Å²) in [4.78, 5) is 40.3. The van der Waals surface area contributed by atoms with E-state index >= 15 is 4.39 Å². The van der Waals surface area contributed by atoms with Gasteiger partial charge in [0.25, 0.3) is 5.91 Å². The first-order valence-electron chi connectivity index (χ1n) is 13.3. The third-order valence-electron chi connectivity index (χ3n) is 7.34. The number of aryl methyl sites for hydroxylation is 1. The van der Waals surface area contributed by atoms with E-state index in [9.17, 15) is 14.0 Å². The lowest BCUT2D eigenvalue weighted by Crippen LogP contribution is -2.51. The Morgan fingerprint density at radius 2 is 1.81 bits per heavy atom. The standard InChI is InChI=1S/C31H25ClF2N6O2/c1-18-36-15-22(16-37-18)20-8-9-26-21(13-20)10-12-38(26)39-17-23(33)14-28(39)31(42)40(19(2)41)27-7-3-5-24(29(27)34)30-25(32)6-4-11-35-30/h3-13,15-16,23,28H,14,17H2,1-2H3. The number of amides is 2. The summed E-state index contributed by atoms with van der Waals surface area (Å²) >= 11 is 6.25. The number of carbonyl (C=O) groups is 2. The molecule has 2 atom stereocenters. The lowest BCUT2D eigenvalue weighted by atomic mass is 10.1. The van der Waals surface area contributed by atoms with Crippen LogP contribution in [-0.2, 0) is 9.59 Å². The van der Waals surface area contributed by atoms with Crippen LogP contribution in [0.4, 0.5) is 14.5 Å². The summed E-state index contributed by atoms with van der Waals surface area (Å²) in [5.41, 5.74) is 2.46. The molecule has 0 aliphatic carbocycles. The van der Waals surface area contributed by atoms with Crippen LogP contribution >= 0.6 is 11.6 Å². The number of hydrogen-bond donors (Lipinski definition) is 0. The maximum Gasteiger partial charge on any atom is 0.258 e. The Labute approximate surface area is 245 Å². The first kappa shape index (κ1) is 27.5. The summed E-state index contributed by atoms with van der Waals surface area (Å²) in [6, 6.07) is 14.0. The van der Waals surface area contributed by atoms with Gasteiger partial charge in [0.05, 0.1) is 28.5 Å². The summed E-state index contributed by atoms with van der Waals surface area (Å²) < 4.78 is 32.6. The van der Waals surface area contributed by atoms with Crippen LogP contribution in [0.25, 0.3) is 33.3 Å². The van der Waals surface area contributed by atoms with Gasteiger partial charge in [-0.3, -0.25) is 24.3 Å². The molecule has 0 radical (unpaired) electrons. The average molecular weight is 587 g/mol. The highest BCUT2D eigenvalue weighted by molar-refractivity contribution is 6.33. The first-order valence-corrected chi connectivity index (χ1v) is 13.7. The fourth-order valence-electron chi connectivity index (χ4n) is 5.36. The number of anilines is 1. The summed E-state index contributed by atoms with van der Waals surface area (Å²) in [7, 11) is 0. The SMILES string of the molecule is CC(=O)N(C(=O)C1CC(F)CN1n1ccc2cc(-c3cnc(C)nc3)ccc21)c1cccc(-c2ncccc2Cl)c1F. The Balaban J connectivity index is 1.36. The second-order valence-corrected chi connectivity index (χ2v) is 10.5. The Bertz CT molecular complexity index is 1830. The van der Waals surface area contributed by atoms with Gasteiger partial charge in [0.15, 0.2) is 5.82 Å². The van der Waals surface area contributed by atoms with Crippen LogP contribution in [0.5, 0.6) is 0 Å². The number of fused-ring (bicyclic) bond motifs is 1. The van der Waals surface area contributed by atoms with Gasteiger partial charge in [0.2, 0.25) is 5.91 Å². The number of aromatic nitrogens is 4. The Morgan fingerprint density at radius 1 is 1.02 bits per heavy atom. The molecule has 0 N–H and O–H groups in total. The number of nitrogens with zero attached hydrogens (tertiary/aromatic N) is 6. The first-order chi connectivity index (χ1) is 20.2. The Kier molecular flexibility index (Phi) is 7.16. The molecule has 2 aromatic carbocycles. The quantitative estimate of drug-likeness (QED) is 0.255. The number of hydrogen-bond acceptors (Lipinski definition) is 6. The highest BCUT2D eigenvalue weighted by Crippen LogP contribution is 2.34. The molecule has 1 aliphatic rings. The topological polar surface area (TPSA) is 84.2 Å². The second kappa shape index (κ2) is 10.9. The van der Waals surface area contributed by atoms with E-state index in [1.807, 2.05) is 31.2 Å². The van der Waals surface area contributed by atoms with Crippen molar-refractivity contribution in [3.8, 4) is 22.4 Å². The van der Waals surface area contributed by atoms with E-state index in [0.717, 1.165) is 26.9 Å². The third kappa shape index (κ3) is 4.87. The van der Waals surface area contributed by atoms with Crippen LogP contribution in [-0.4, -0.2) is 50.2 Å². The predicted octanol–water partition coefficient (Wildman–Crippen LogP) is 5.89. The van der Waals surface area contributed by atoms with Crippen LogP contribution in [0.3, 0.4) is 0 Å². The number of benzene rings is 2. The van der Waals surface area contributed by atoms with Gasteiger partial charge in [0.1, 0.15) is 18.0 Å². The molecule has 0 saturated carbocycles. The smallest absolute Gasteiger partial charge is 0.258 e. The van der Waals surface area contributed by atoms with E-state index < -0.39 is 29.8 Å². The van der Waals surface area contributed by atoms with Crippen molar-refractivity contribution >= 4 is 40.0 Å². The van der Waals surface area contributed by atoms with Gasteiger partial charge in [-0.2, -0.15) is 0 Å². The van der Waals surface area contributed by atoms with Gasteiger partial charge in [-0.05, 0) is 55.0 Å². The average Bonchev–Trinajstić information content (AvgIpc) is 3.57. The van der Waals surface area contributed by atoms with Crippen LogP contribution < -0.4 is 9.91 Å². The molecule has 4 heterocycles. The molecule has 11 heteroatoms. The van der Waals surface area contributed by atoms with Crippen molar-refractivity contribution in [3.63, 3.8) is 0 Å². The van der Waals surface area contributed by atoms with E-state index in [4.69, 9.17) is 11.6 Å². The zero-order valence-corrected chi connectivity index (χ0v) is 23.5. The van der Waals surface area contributed by atoms with E-state index in [-0.39, 0.29) is 34.9 Å². The van der Waals surface area contributed by atoms with E-state index in [1.165, 1.54) is 31.3 Å². The van der Waals surface area contributed by atoms with Gasteiger partial charge in [-0.1, -0.05) is 23.7 Å². The monoisotopic (exact) mass is 586 g/mol. The number of carbonyl (C=O) groups excluding carboxylic acids is 2. The molecule has 3 aromatic heterocycles. The molecule has 2 amide bonds. The molecule has 5 aromatic rings. The molecule has 1 aliphatic heterocycles. The minimum atomic E-state index is -1.34. The van der Waals surface area contributed by atoms with Gasteiger partial charge in [-0.25, -0.2) is 23.6 Å². The van der Waals surface area contributed by atoms with Crippen molar-refractivity contribution in [2.45, 2.75) is 32.5 Å². The summed E-state index contributed by atoms with van der Waals surface area (Å²) in [5.74, 6) is -1.60. The van der Waals surface area contributed by atoms with E-state index in [1.54, 1.807) is 40.4 Å². The van der Waals surface area contributed by atoms with Crippen LogP contribution in [0, 0.1) is 12.7 Å². The van der Waals surface area contributed by atoms with Crippen molar-refractivity contribution in [1.29, 1.82) is 0 Å². The number of rotatable bonds is 5. The van der Waals surface area contributed by atoms with E-state index in [0.29, 0.717) is 5.82 Å². The second-order valence-electron chi connectivity index (χ2n) is 10.1. The molecule has 8 nitrogen and oxygen atoms in total. The number of imide groups is 1. The molecule has 6 rings (SSSR count). The highest BCUT2D eigenvalue weighted by atomic mass is 35.5. The summed E-state index contributed by atoms with van der Waals surface area (Å²) in [6.45, 7) is 2.91. The molecule has 2 unspecified atom stereocenters. The molecule has 0 bridgehead atoms. The summed E-state index contributed by atoms with van der Waals surface area (Å²) in [5, 5.41) is 2.65. The zero-order valence-electron chi connectivity index (χ0n) is 22.7. The molecule has 1 saturated heterocycles. The lowest BCUT2D eigenvalue weighted by molar-refractivity contribution is -0.126. The molecule has 1 fully saturated rings. The maximum atomic E-state index is 15.9. The van der Waals surface area contributed by atoms with Crippen LogP contribution in [0.2, 0.25) is 5.02 Å². The van der Waals surface area contributed by atoms with Gasteiger partial charge < -0.3 is 0 Å². The van der Waals surface area contributed by atoms with Crippen molar-refractivity contribution < 1.29 is 18.4 Å². The predicted molar refractivity (Wildman–Crippen MR) is 157 cm³/mol. The van der Waals surface area contributed by atoms with Gasteiger partial charge in [-0.15, -0.1) is 0 Å². The largest absolute Gasteiger partial charge is 0.297 e. The number of alkyl halides is 1. The van der Waals surface area contributed by atoms with Crippen molar-refractivity contribution in [2.75, 3.05) is 16.5 Å². The maximum absolute atomic E-state index is 15.9. The zero-order chi connectivity index (χ0) is 29.5. The Morgan fingerprint density at radius 3 is 2.55 bits per heavy atom. The normalized spacial score (nSPS) is 16.6. The summed E-state index contributed by atoms with van der Waals surface area (Å²) in [6.07, 6.45) is 5.22. The Hall–Kier alpha value is -4.70. The fourth-order valence-corrected chi connectivity index (χ4v) is 5.58. The minimum Gasteiger partial charge on any atom is -0.297 e. The van der Waals surface area contributed by atoms with Gasteiger partial charge >= 0.3 is 0 Å². The highest BCUT2D eigenvalue weighted by Gasteiger charge is 2.42. The lowest BCUT2D eigenvalue weighted by Gasteiger charge is -2.31. The van der Waals surface area contributed by atoms with Crippen LogP contribution in [0.15, 0.2) is 79.4 Å². The molecule has 212 valence electrons. The van der Waals surface area contributed by atoms with E-state index in [2.05, 4.69) is 15.0 Å². The van der Waals surface area contributed by atoms with Gasteiger partial charge in [0, 0.05) is 54.6 Å². The number of halogens is 3. The number of pyridine rings is 1. The minimum absolute atomic E-state index is 0.0370. The molecular weight excluding hydrogens is 562 g/mol. The molecular formula is C31H25ClF2N6O2. The van der Waals surface area contributed by atoms with Crippen molar-refractivity contribution in [1.82, 2.24) is 19.6 Å².